The number of aromatic nitrogens is 4. The van der Waals surface area contributed by atoms with Crippen molar-refractivity contribution in [1.29, 1.82) is 0 Å². The number of hydrogen-bond donors (Lipinski definition) is 1. The number of nitrogens with one attached hydrogen (secondary N) is 1. The van der Waals surface area contributed by atoms with Gasteiger partial charge in [-0.15, -0.1) is 5.10 Å². The third-order valence-corrected chi connectivity index (χ3v) is 3.80. The fraction of sp³-hybridized carbons (Fsp3) is 0.222. The predicted octanol–water partition coefficient (Wildman–Crippen LogP) is 2.30. The molecule has 1 heterocycles. The molecule has 0 atom stereocenters. The van der Waals surface area contributed by atoms with Crippen LogP contribution in [-0.4, -0.2) is 33.2 Å². The zero-order chi connectivity index (χ0) is 17.6. The van der Waals surface area contributed by atoms with Gasteiger partial charge in [0.2, 0.25) is 0 Å². The average molecular weight is 337 g/mol. The lowest BCUT2D eigenvalue weighted by atomic mass is 10.1. The maximum Gasteiger partial charge on any atom is 0.251 e. The lowest BCUT2D eigenvalue weighted by molar-refractivity contribution is 0.0951. The monoisotopic (exact) mass is 337 g/mol. The molecule has 2 aromatic carbocycles. The highest BCUT2D eigenvalue weighted by Crippen LogP contribution is 2.17. The number of carbonyl (C=O) groups is 1. The number of aryl methyl sites for hydroxylation is 1. The van der Waals surface area contributed by atoms with Crippen LogP contribution < -0.4 is 10.1 Å². The normalized spacial score (nSPS) is 10.5. The molecular formula is C18H19N5O2. The van der Waals surface area contributed by atoms with E-state index in [0.717, 1.165) is 16.9 Å². The zero-order valence-corrected chi connectivity index (χ0v) is 14.1. The molecule has 3 rings (SSSR count). The minimum atomic E-state index is -0.153. The maximum absolute atomic E-state index is 12.4. The van der Waals surface area contributed by atoms with Crippen LogP contribution in [0.15, 0.2) is 48.5 Å². The van der Waals surface area contributed by atoms with E-state index in [1.54, 1.807) is 23.9 Å². The molecule has 1 N–H and O–H groups in total. The Kier molecular flexibility index (Phi) is 5.03. The van der Waals surface area contributed by atoms with E-state index in [4.69, 9.17) is 4.74 Å². The van der Waals surface area contributed by atoms with E-state index < -0.39 is 0 Å². The van der Waals surface area contributed by atoms with Crippen LogP contribution in [0.1, 0.15) is 22.8 Å². The van der Waals surface area contributed by atoms with Crippen molar-refractivity contribution in [2.75, 3.05) is 7.11 Å². The molecule has 3 aromatic rings. The van der Waals surface area contributed by atoms with Crippen molar-refractivity contribution in [1.82, 2.24) is 25.5 Å². The maximum atomic E-state index is 12.4. The van der Waals surface area contributed by atoms with Gasteiger partial charge in [-0.05, 0) is 47.2 Å². The fourth-order valence-corrected chi connectivity index (χ4v) is 2.49. The molecule has 7 nitrogen and oxygen atoms in total. The summed E-state index contributed by atoms with van der Waals surface area (Å²) >= 11 is 0. The number of tetrazole rings is 1. The van der Waals surface area contributed by atoms with Gasteiger partial charge in [0.25, 0.3) is 5.91 Å². The van der Waals surface area contributed by atoms with E-state index in [1.807, 2.05) is 43.3 Å². The highest BCUT2D eigenvalue weighted by atomic mass is 16.5. The van der Waals surface area contributed by atoms with E-state index >= 15 is 0 Å². The van der Waals surface area contributed by atoms with Crippen molar-refractivity contribution in [2.24, 2.45) is 0 Å². The largest absolute Gasteiger partial charge is 0.497 e. The van der Waals surface area contributed by atoms with Gasteiger partial charge >= 0.3 is 0 Å². The fourth-order valence-electron chi connectivity index (χ4n) is 2.49. The summed E-state index contributed by atoms with van der Waals surface area (Å²) in [6.45, 7) is 3.05. The van der Waals surface area contributed by atoms with Gasteiger partial charge in [0.15, 0.2) is 5.82 Å². The molecule has 128 valence electrons. The molecule has 1 amide bonds. The Morgan fingerprint density at radius 2 is 2.04 bits per heavy atom. The van der Waals surface area contributed by atoms with Gasteiger partial charge in [0.05, 0.1) is 7.11 Å². The van der Waals surface area contributed by atoms with Crippen LogP contribution >= 0.6 is 0 Å². The molecule has 0 radical (unpaired) electrons. The van der Waals surface area contributed by atoms with E-state index in [2.05, 4.69) is 20.8 Å². The van der Waals surface area contributed by atoms with Crippen LogP contribution in [0.4, 0.5) is 0 Å². The third kappa shape index (κ3) is 3.82. The van der Waals surface area contributed by atoms with E-state index in [9.17, 15) is 4.79 Å². The van der Waals surface area contributed by atoms with Crippen LogP contribution in [-0.2, 0) is 13.1 Å². The predicted molar refractivity (Wildman–Crippen MR) is 93.1 cm³/mol. The number of carbonyl (C=O) groups excluding carboxylic acids is 1. The molecule has 0 unspecified atom stereocenters. The minimum Gasteiger partial charge on any atom is -0.497 e. The van der Waals surface area contributed by atoms with Crippen molar-refractivity contribution in [2.45, 2.75) is 20.0 Å². The molecule has 7 heteroatoms. The summed E-state index contributed by atoms with van der Waals surface area (Å²) in [6.07, 6.45) is 0. The Hall–Kier alpha value is -3.22. The molecule has 0 spiro atoms. The minimum absolute atomic E-state index is 0.153. The van der Waals surface area contributed by atoms with Crippen LogP contribution in [0, 0.1) is 0 Å². The van der Waals surface area contributed by atoms with Crippen LogP contribution in [0.5, 0.6) is 5.75 Å². The summed E-state index contributed by atoms with van der Waals surface area (Å²) in [7, 11) is 1.62. The van der Waals surface area contributed by atoms with Gasteiger partial charge in [-0.1, -0.05) is 24.3 Å². The molecule has 25 heavy (non-hydrogen) atoms. The molecule has 0 aliphatic heterocycles. The molecule has 0 bridgehead atoms. The van der Waals surface area contributed by atoms with Crippen molar-refractivity contribution in [3.8, 4) is 17.1 Å². The van der Waals surface area contributed by atoms with Gasteiger partial charge in [-0.25, -0.2) is 4.68 Å². The SMILES string of the molecule is CCn1nnnc1-c1cccc(C(=O)NCc2cccc(OC)c2)c1. The van der Waals surface area contributed by atoms with E-state index in [0.29, 0.717) is 24.5 Å². The second kappa shape index (κ2) is 7.57. The summed E-state index contributed by atoms with van der Waals surface area (Å²) in [5.74, 6) is 1.25. The smallest absolute Gasteiger partial charge is 0.251 e. The second-order valence-electron chi connectivity index (χ2n) is 5.43. The number of nitrogens with zero attached hydrogens (tertiary/aromatic N) is 4. The van der Waals surface area contributed by atoms with E-state index in [1.165, 1.54) is 0 Å². The standard InChI is InChI=1S/C18H19N5O2/c1-3-23-17(20-21-22-23)14-7-5-8-15(11-14)18(24)19-12-13-6-4-9-16(10-13)25-2/h4-11H,3,12H2,1-2H3,(H,19,24). The Balaban J connectivity index is 1.73. The number of ether oxygens (including phenoxy) is 1. The molecule has 0 aliphatic carbocycles. The molecular weight excluding hydrogens is 318 g/mol. The van der Waals surface area contributed by atoms with Crippen molar-refractivity contribution in [3.63, 3.8) is 0 Å². The third-order valence-electron chi connectivity index (χ3n) is 3.80. The van der Waals surface area contributed by atoms with Crippen LogP contribution in [0.2, 0.25) is 0 Å². The highest BCUT2D eigenvalue weighted by molar-refractivity contribution is 5.95. The number of hydrogen-bond acceptors (Lipinski definition) is 5. The number of methoxy groups -OCH3 is 1. The van der Waals surface area contributed by atoms with Crippen molar-refractivity contribution >= 4 is 5.91 Å². The number of benzene rings is 2. The first kappa shape index (κ1) is 16.6. The summed E-state index contributed by atoms with van der Waals surface area (Å²) in [6, 6.07) is 14.9. The van der Waals surface area contributed by atoms with Crippen molar-refractivity contribution in [3.05, 3.63) is 59.7 Å². The zero-order valence-electron chi connectivity index (χ0n) is 14.1. The summed E-state index contributed by atoms with van der Waals surface area (Å²) in [5, 5.41) is 14.5. The first-order valence-electron chi connectivity index (χ1n) is 7.99. The number of rotatable bonds is 6. The quantitative estimate of drug-likeness (QED) is 0.746. The lowest BCUT2D eigenvalue weighted by Crippen LogP contribution is -2.22. The highest BCUT2D eigenvalue weighted by Gasteiger charge is 2.11. The van der Waals surface area contributed by atoms with Gasteiger partial charge < -0.3 is 10.1 Å². The molecule has 0 saturated heterocycles. The molecule has 0 saturated carbocycles. The van der Waals surface area contributed by atoms with Gasteiger partial charge in [0, 0.05) is 24.2 Å². The van der Waals surface area contributed by atoms with E-state index in [-0.39, 0.29) is 5.91 Å². The first-order chi connectivity index (χ1) is 12.2. The molecule has 0 fully saturated rings. The molecule has 1 aromatic heterocycles. The van der Waals surface area contributed by atoms with Crippen LogP contribution in [0.3, 0.4) is 0 Å². The van der Waals surface area contributed by atoms with Gasteiger partial charge in [0.1, 0.15) is 5.75 Å². The first-order valence-corrected chi connectivity index (χ1v) is 7.99. The second-order valence-corrected chi connectivity index (χ2v) is 5.43. The lowest BCUT2D eigenvalue weighted by Gasteiger charge is -2.08. The summed E-state index contributed by atoms with van der Waals surface area (Å²) in [4.78, 5) is 12.4. The Morgan fingerprint density at radius 1 is 1.20 bits per heavy atom. The number of amides is 1. The van der Waals surface area contributed by atoms with Crippen LogP contribution in [0.25, 0.3) is 11.4 Å². The Bertz CT molecular complexity index is 875. The topological polar surface area (TPSA) is 81.9 Å². The van der Waals surface area contributed by atoms with Crippen molar-refractivity contribution < 1.29 is 9.53 Å². The summed E-state index contributed by atoms with van der Waals surface area (Å²) in [5.41, 5.74) is 2.34. The Morgan fingerprint density at radius 3 is 2.84 bits per heavy atom. The Labute approximate surface area is 145 Å². The summed E-state index contributed by atoms with van der Waals surface area (Å²) < 4.78 is 6.88. The van der Waals surface area contributed by atoms with Gasteiger partial charge in [-0.3, -0.25) is 4.79 Å². The average Bonchev–Trinajstić information content (AvgIpc) is 3.15. The van der Waals surface area contributed by atoms with Gasteiger partial charge in [-0.2, -0.15) is 0 Å². The molecule has 0 aliphatic rings.